The Hall–Kier alpha value is -1.85. The van der Waals surface area contributed by atoms with Gasteiger partial charge in [0.15, 0.2) is 5.65 Å². The molecular weight excluding hydrogens is 256 g/mol. The molecule has 104 valence electrons. The summed E-state index contributed by atoms with van der Waals surface area (Å²) in [6.45, 7) is 0. The minimum atomic E-state index is -0.490. The van der Waals surface area contributed by atoms with E-state index in [1.807, 2.05) is 0 Å². The Morgan fingerprint density at radius 1 is 1.00 bits per heavy atom. The summed E-state index contributed by atoms with van der Waals surface area (Å²) in [4.78, 5) is 35.9. The van der Waals surface area contributed by atoms with Gasteiger partial charge in [0.2, 0.25) is 0 Å². The molecule has 0 amide bonds. The quantitative estimate of drug-likeness (QED) is 0.723. The smallest absolute Gasteiger partial charge is 0.327 e. The van der Waals surface area contributed by atoms with Crippen LogP contribution in [0.5, 0.6) is 0 Å². The molecule has 6 heteroatoms. The fourth-order valence-corrected chi connectivity index (χ4v) is 5.35. The summed E-state index contributed by atoms with van der Waals surface area (Å²) in [6, 6.07) is 0. The van der Waals surface area contributed by atoms with Crippen LogP contribution in [0.1, 0.15) is 37.9 Å². The first-order valence-corrected chi connectivity index (χ1v) is 7.37. The number of rotatable bonds is 1. The maximum absolute atomic E-state index is 11.8. The number of imidazole rings is 1. The van der Waals surface area contributed by atoms with Crippen molar-refractivity contribution in [3.05, 3.63) is 26.7 Å². The number of nitrogens with zero attached hydrogens (tertiary/aromatic N) is 1. The van der Waals surface area contributed by atoms with Crippen molar-refractivity contribution >= 4 is 11.2 Å². The maximum Gasteiger partial charge on any atom is 0.327 e. The number of hydrogen-bond donors (Lipinski definition) is 3. The van der Waals surface area contributed by atoms with Crippen LogP contribution in [0.2, 0.25) is 0 Å². The third-order valence-electron chi connectivity index (χ3n) is 5.85. The van der Waals surface area contributed by atoms with Gasteiger partial charge in [-0.05, 0) is 49.9 Å². The van der Waals surface area contributed by atoms with E-state index >= 15 is 0 Å². The van der Waals surface area contributed by atoms with E-state index in [0.29, 0.717) is 17.1 Å². The Bertz CT molecular complexity index is 816. The number of fused-ring (bicyclic) bond motifs is 1. The second-order valence-electron chi connectivity index (χ2n) is 6.92. The van der Waals surface area contributed by atoms with E-state index in [-0.39, 0.29) is 11.0 Å². The van der Waals surface area contributed by atoms with Gasteiger partial charge in [-0.25, -0.2) is 9.78 Å². The second kappa shape index (κ2) is 3.24. The van der Waals surface area contributed by atoms with E-state index in [1.54, 1.807) is 0 Å². The normalized spacial score (nSPS) is 38.1. The molecule has 6 nitrogen and oxygen atoms in total. The molecule has 2 aromatic heterocycles. The van der Waals surface area contributed by atoms with Gasteiger partial charge >= 0.3 is 5.69 Å². The van der Waals surface area contributed by atoms with Crippen molar-refractivity contribution < 1.29 is 0 Å². The van der Waals surface area contributed by atoms with Crippen LogP contribution in [0.3, 0.4) is 0 Å². The molecule has 0 aliphatic heterocycles. The Kier molecular flexibility index (Phi) is 1.76. The van der Waals surface area contributed by atoms with Gasteiger partial charge < -0.3 is 4.98 Å². The molecule has 4 aliphatic carbocycles. The Morgan fingerprint density at radius 2 is 1.75 bits per heavy atom. The van der Waals surface area contributed by atoms with Crippen LogP contribution in [-0.2, 0) is 5.41 Å². The zero-order chi connectivity index (χ0) is 13.5. The molecule has 4 bridgehead atoms. The molecule has 4 saturated carbocycles. The first-order valence-electron chi connectivity index (χ1n) is 7.37. The standard InChI is InChI=1S/C14H16N4O2/c19-11-9-10(17-13(20)18-11)16-12(15-9)14-4-6-1-7(5-14)3-8(14)2-6/h6-8H,1-5H2,(H3,15,16,17,18,19,20). The first-order chi connectivity index (χ1) is 9.64. The van der Waals surface area contributed by atoms with Gasteiger partial charge in [-0.2, -0.15) is 0 Å². The van der Waals surface area contributed by atoms with Gasteiger partial charge in [0.05, 0.1) is 0 Å². The summed E-state index contributed by atoms with van der Waals surface area (Å²) in [7, 11) is 0. The van der Waals surface area contributed by atoms with Gasteiger partial charge in [0.25, 0.3) is 5.56 Å². The Labute approximate surface area is 114 Å². The average molecular weight is 272 g/mol. The van der Waals surface area contributed by atoms with Crippen LogP contribution in [-0.4, -0.2) is 19.9 Å². The van der Waals surface area contributed by atoms with Crippen molar-refractivity contribution in [2.75, 3.05) is 0 Å². The van der Waals surface area contributed by atoms with Gasteiger partial charge in [-0.1, -0.05) is 0 Å². The number of H-pyrrole nitrogens is 3. The van der Waals surface area contributed by atoms with Crippen LogP contribution in [0, 0.1) is 17.8 Å². The van der Waals surface area contributed by atoms with Crippen molar-refractivity contribution in [2.45, 2.75) is 37.5 Å². The fourth-order valence-electron chi connectivity index (χ4n) is 5.35. The molecule has 2 heterocycles. The minimum Gasteiger partial charge on any atom is -0.336 e. The van der Waals surface area contributed by atoms with Crippen molar-refractivity contribution in [3.63, 3.8) is 0 Å². The molecule has 2 aromatic rings. The molecule has 4 aliphatic rings. The van der Waals surface area contributed by atoms with Crippen molar-refractivity contribution in [1.82, 2.24) is 19.9 Å². The largest absolute Gasteiger partial charge is 0.336 e. The lowest BCUT2D eigenvalue weighted by molar-refractivity contribution is 0.262. The number of hydrogen-bond acceptors (Lipinski definition) is 3. The average Bonchev–Trinajstić information content (AvgIpc) is 2.98. The zero-order valence-electron chi connectivity index (χ0n) is 11.0. The third kappa shape index (κ3) is 1.18. The molecule has 0 spiro atoms. The summed E-state index contributed by atoms with van der Waals surface area (Å²) in [6.07, 6.45) is 6.36. The van der Waals surface area contributed by atoms with Crippen LogP contribution < -0.4 is 11.2 Å². The lowest BCUT2D eigenvalue weighted by Crippen LogP contribution is -2.29. The minimum absolute atomic E-state index is 0.135. The molecule has 2 unspecified atom stereocenters. The lowest BCUT2D eigenvalue weighted by Gasteiger charge is -2.30. The SMILES string of the molecule is O=c1[nH]c(=O)c2[nH]c(C34CC5CC(CC3C5)C4)nc2[nH]1. The lowest BCUT2D eigenvalue weighted by atomic mass is 9.75. The number of aromatic nitrogens is 4. The van der Waals surface area contributed by atoms with Gasteiger partial charge in [-0.3, -0.25) is 14.8 Å². The summed E-state index contributed by atoms with van der Waals surface area (Å²) in [5.41, 5.74) is 0.0667. The summed E-state index contributed by atoms with van der Waals surface area (Å²) >= 11 is 0. The third-order valence-corrected chi connectivity index (χ3v) is 5.85. The van der Waals surface area contributed by atoms with E-state index in [4.69, 9.17) is 0 Å². The zero-order valence-corrected chi connectivity index (χ0v) is 11.0. The molecule has 20 heavy (non-hydrogen) atoms. The molecule has 2 atom stereocenters. The molecule has 0 saturated heterocycles. The monoisotopic (exact) mass is 272 g/mol. The van der Waals surface area contributed by atoms with Crippen LogP contribution in [0.25, 0.3) is 11.2 Å². The summed E-state index contributed by atoms with van der Waals surface area (Å²) in [5.74, 6) is 3.29. The molecule has 3 N–H and O–H groups in total. The van der Waals surface area contributed by atoms with E-state index in [9.17, 15) is 9.59 Å². The number of aromatic amines is 3. The highest BCUT2D eigenvalue weighted by atomic mass is 16.2. The fraction of sp³-hybridized carbons (Fsp3) is 0.643. The molecule has 4 fully saturated rings. The van der Waals surface area contributed by atoms with Crippen molar-refractivity contribution in [3.8, 4) is 0 Å². The van der Waals surface area contributed by atoms with Crippen LogP contribution in [0.15, 0.2) is 9.59 Å². The van der Waals surface area contributed by atoms with Crippen molar-refractivity contribution in [2.24, 2.45) is 17.8 Å². The summed E-state index contributed by atoms with van der Waals surface area (Å²) < 4.78 is 0. The first kappa shape index (κ1) is 10.9. The Balaban J connectivity index is 1.74. The highest BCUT2D eigenvalue weighted by Crippen LogP contribution is 2.65. The van der Waals surface area contributed by atoms with E-state index in [0.717, 1.165) is 17.7 Å². The maximum atomic E-state index is 11.8. The van der Waals surface area contributed by atoms with Gasteiger partial charge in [-0.15, -0.1) is 0 Å². The van der Waals surface area contributed by atoms with Crippen LogP contribution >= 0.6 is 0 Å². The van der Waals surface area contributed by atoms with Crippen LogP contribution in [0.4, 0.5) is 0 Å². The van der Waals surface area contributed by atoms with E-state index in [2.05, 4.69) is 19.9 Å². The molecular formula is C14H16N4O2. The van der Waals surface area contributed by atoms with E-state index < -0.39 is 5.69 Å². The highest BCUT2D eigenvalue weighted by Gasteiger charge is 2.59. The van der Waals surface area contributed by atoms with E-state index in [1.165, 1.54) is 32.1 Å². The van der Waals surface area contributed by atoms with Gasteiger partial charge in [0.1, 0.15) is 11.3 Å². The second-order valence-corrected chi connectivity index (χ2v) is 6.92. The predicted octanol–water partition coefficient (Wildman–Crippen LogP) is 1.02. The predicted molar refractivity (Wildman–Crippen MR) is 72.6 cm³/mol. The highest BCUT2D eigenvalue weighted by molar-refractivity contribution is 5.69. The molecule has 6 rings (SSSR count). The van der Waals surface area contributed by atoms with Gasteiger partial charge in [0, 0.05) is 5.41 Å². The number of nitrogens with one attached hydrogen (secondary N) is 3. The summed E-state index contributed by atoms with van der Waals surface area (Å²) in [5, 5.41) is 0. The van der Waals surface area contributed by atoms with Crippen molar-refractivity contribution in [1.29, 1.82) is 0 Å². The Morgan fingerprint density at radius 3 is 2.50 bits per heavy atom. The topological polar surface area (TPSA) is 94.4 Å². The molecule has 0 radical (unpaired) electrons. The molecule has 0 aromatic carbocycles.